The Hall–Kier alpha value is -1.95. The molecule has 0 unspecified atom stereocenters. The first kappa shape index (κ1) is 13.1. The Morgan fingerprint density at radius 2 is 2.30 bits per heavy atom. The summed E-state index contributed by atoms with van der Waals surface area (Å²) in [5.74, 6) is 1.03. The second-order valence-corrected chi connectivity index (χ2v) is 5.77. The normalized spacial score (nSPS) is 17.3. The number of nitrogens with one attached hydrogen (secondary N) is 3. The number of hydrogen-bond donors (Lipinski definition) is 3. The van der Waals surface area contributed by atoms with Crippen molar-refractivity contribution in [2.45, 2.75) is 23.9 Å². The number of fused-ring (bicyclic) bond motifs is 1. The van der Waals surface area contributed by atoms with Gasteiger partial charge in [-0.15, -0.1) is 11.8 Å². The van der Waals surface area contributed by atoms with Crippen molar-refractivity contribution >= 4 is 17.8 Å². The van der Waals surface area contributed by atoms with Crippen molar-refractivity contribution in [1.29, 1.82) is 0 Å². The molecule has 0 saturated carbocycles. The molecule has 0 radical (unpaired) electrons. The molecule has 104 valence electrons. The minimum absolute atomic E-state index is 0.0919. The number of nitrogens with zero attached hydrogens (tertiary/aromatic N) is 1. The average Bonchev–Trinajstić information content (AvgIpc) is 2.99. The second-order valence-electron chi connectivity index (χ2n) is 4.64. The fourth-order valence-corrected chi connectivity index (χ4v) is 3.39. The fourth-order valence-electron chi connectivity index (χ4n) is 2.26. The van der Waals surface area contributed by atoms with Gasteiger partial charge in [-0.1, -0.05) is 18.2 Å². The minimum Gasteiger partial charge on any atom is -0.333 e. The van der Waals surface area contributed by atoms with Crippen LogP contribution in [0.1, 0.15) is 23.7 Å². The Morgan fingerprint density at radius 1 is 1.40 bits per heavy atom. The summed E-state index contributed by atoms with van der Waals surface area (Å²) in [5.41, 5.74) is 2.10. The van der Waals surface area contributed by atoms with E-state index < -0.39 is 0 Å². The molecule has 2 heterocycles. The predicted octanol–water partition coefficient (Wildman–Crippen LogP) is 2.45. The van der Waals surface area contributed by atoms with Crippen molar-refractivity contribution in [3.05, 3.63) is 47.8 Å². The van der Waals surface area contributed by atoms with Crippen LogP contribution in [0.15, 0.2) is 41.4 Å². The topological polar surface area (TPSA) is 69.8 Å². The van der Waals surface area contributed by atoms with E-state index in [9.17, 15) is 4.79 Å². The maximum Gasteiger partial charge on any atom is 0.315 e. The van der Waals surface area contributed by atoms with E-state index in [1.54, 1.807) is 6.20 Å². The zero-order valence-corrected chi connectivity index (χ0v) is 11.7. The van der Waals surface area contributed by atoms with Crippen molar-refractivity contribution in [3.8, 4) is 0 Å². The van der Waals surface area contributed by atoms with Gasteiger partial charge in [0.15, 0.2) is 0 Å². The van der Waals surface area contributed by atoms with Crippen molar-refractivity contribution in [2.75, 3.05) is 5.75 Å². The van der Waals surface area contributed by atoms with Crippen molar-refractivity contribution in [2.24, 2.45) is 0 Å². The zero-order chi connectivity index (χ0) is 13.8. The first-order valence-corrected chi connectivity index (χ1v) is 7.56. The largest absolute Gasteiger partial charge is 0.333 e. The number of carbonyl (C=O) groups excluding carboxylic acids is 1. The van der Waals surface area contributed by atoms with Gasteiger partial charge in [0, 0.05) is 16.8 Å². The van der Waals surface area contributed by atoms with Crippen molar-refractivity contribution in [3.63, 3.8) is 0 Å². The molecule has 0 saturated heterocycles. The highest BCUT2D eigenvalue weighted by atomic mass is 32.2. The first-order valence-electron chi connectivity index (χ1n) is 6.57. The molecule has 1 atom stereocenters. The highest BCUT2D eigenvalue weighted by Crippen LogP contribution is 2.35. The van der Waals surface area contributed by atoms with Crippen LogP contribution < -0.4 is 10.6 Å². The number of rotatable bonds is 3. The van der Waals surface area contributed by atoms with Crippen LogP contribution in [0.25, 0.3) is 0 Å². The number of thioether (sulfide) groups is 1. The number of carbonyl (C=O) groups is 1. The summed E-state index contributed by atoms with van der Waals surface area (Å²) in [7, 11) is 0. The van der Waals surface area contributed by atoms with E-state index in [0.29, 0.717) is 6.54 Å². The van der Waals surface area contributed by atoms with Crippen LogP contribution in [0, 0.1) is 0 Å². The molecule has 1 aromatic carbocycles. The van der Waals surface area contributed by atoms with Gasteiger partial charge in [-0.25, -0.2) is 4.79 Å². The summed E-state index contributed by atoms with van der Waals surface area (Å²) in [6, 6.07) is 10.0. The van der Waals surface area contributed by atoms with E-state index in [1.807, 2.05) is 30.0 Å². The highest BCUT2D eigenvalue weighted by Gasteiger charge is 2.21. The van der Waals surface area contributed by atoms with Crippen LogP contribution in [-0.4, -0.2) is 22.0 Å². The summed E-state index contributed by atoms with van der Waals surface area (Å²) < 4.78 is 0. The highest BCUT2D eigenvalue weighted by molar-refractivity contribution is 7.99. The van der Waals surface area contributed by atoms with Gasteiger partial charge in [0.05, 0.1) is 18.3 Å². The van der Waals surface area contributed by atoms with Crippen LogP contribution >= 0.6 is 11.8 Å². The number of benzene rings is 1. The summed E-state index contributed by atoms with van der Waals surface area (Å²) in [4.78, 5) is 13.2. The van der Waals surface area contributed by atoms with Crippen LogP contribution in [0.3, 0.4) is 0 Å². The standard InChI is InChI=1S/C14H16N4OS/c19-14(15-9-10-5-7-16-18-10)17-12-6-8-20-13-4-2-1-3-11(12)13/h1-5,7,12H,6,8-9H2,(H,16,18)(H2,15,17,19)/t12-/m0/s1. The fraction of sp³-hybridized carbons (Fsp3) is 0.286. The monoisotopic (exact) mass is 288 g/mol. The first-order chi connectivity index (χ1) is 9.83. The van der Waals surface area contributed by atoms with Gasteiger partial charge in [-0.3, -0.25) is 5.10 Å². The van der Waals surface area contributed by atoms with E-state index in [-0.39, 0.29) is 12.1 Å². The smallest absolute Gasteiger partial charge is 0.315 e. The lowest BCUT2D eigenvalue weighted by molar-refractivity contribution is 0.236. The SMILES string of the molecule is O=C(NCc1ccn[nH]1)N[C@H]1CCSc2ccccc21. The van der Waals surface area contributed by atoms with Gasteiger partial charge >= 0.3 is 6.03 Å². The summed E-state index contributed by atoms with van der Waals surface area (Å²) in [5, 5.41) is 12.5. The number of amides is 2. The Morgan fingerprint density at radius 3 is 3.15 bits per heavy atom. The third-order valence-electron chi connectivity index (χ3n) is 3.26. The molecule has 3 N–H and O–H groups in total. The van der Waals surface area contributed by atoms with Crippen LogP contribution in [-0.2, 0) is 6.54 Å². The predicted molar refractivity (Wildman–Crippen MR) is 78.5 cm³/mol. The summed E-state index contributed by atoms with van der Waals surface area (Å²) in [6.07, 6.45) is 2.63. The lowest BCUT2D eigenvalue weighted by Gasteiger charge is -2.25. The lowest BCUT2D eigenvalue weighted by atomic mass is 10.0. The van der Waals surface area contributed by atoms with Gasteiger partial charge in [0.1, 0.15) is 0 Å². The average molecular weight is 288 g/mol. The Balaban J connectivity index is 1.59. The van der Waals surface area contributed by atoms with Crippen molar-refractivity contribution in [1.82, 2.24) is 20.8 Å². The summed E-state index contributed by atoms with van der Waals surface area (Å²) in [6.45, 7) is 0.453. The van der Waals surface area contributed by atoms with Gasteiger partial charge in [-0.05, 0) is 24.1 Å². The maximum absolute atomic E-state index is 12.0. The molecule has 2 aromatic rings. The van der Waals surface area contributed by atoms with Crippen molar-refractivity contribution < 1.29 is 4.79 Å². The molecular formula is C14H16N4OS. The Bertz CT molecular complexity index is 585. The molecular weight excluding hydrogens is 272 g/mol. The van der Waals surface area contributed by atoms with E-state index >= 15 is 0 Å². The molecule has 1 aromatic heterocycles. The number of aromatic amines is 1. The minimum atomic E-state index is -0.147. The quantitative estimate of drug-likeness (QED) is 0.812. The molecule has 0 aliphatic carbocycles. The molecule has 3 rings (SSSR count). The summed E-state index contributed by atoms with van der Waals surface area (Å²) >= 11 is 1.85. The molecule has 1 aliphatic rings. The van der Waals surface area contributed by atoms with E-state index in [2.05, 4.69) is 33.0 Å². The molecule has 2 amide bonds. The molecule has 1 aliphatic heterocycles. The zero-order valence-electron chi connectivity index (χ0n) is 10.9. The second kappa shape index (κ2) is 6.00. The van der Waals surface area contributed by atoms with E-state index in [4.69, 9.17) is 0 Å². The van der Waals surface area contributed by atoms with Crippen LogP contribution in [0.4, 0.5) is 4.79 Å². The molecule has 0 bridgehead atoms. The van der Waals surface area contributed by atoms with E-state index in [0.717, 1.165) is 17.9 Å². The van der Waals surface area contributed by atoms with Gasteiger partial charge in [0.25, 0.3) is 0 Å². The number of H-pyrrole nitrogens is 1. The van der Waals surface area contributed by atoms with Crippen LogP contribution in [0.2, 0.25) is 0 Å². The van der Waals surface area contributed by atoms with Crippen LogP contribution in [0.5, 0.6) is 0 Å². The Kier molecular flexibility index (Phi) is 3.92. The molecule has 6 heteroatoms. The van der Waals surface area contributed by atoms with Gasteiger partial charge in [-0.2, -0.15) is 5.10 Å². The number of hydrogen-bond acceptors (Lipinski definition) is 3. The Labute approximate surface area is 121 Å². The molecule has 0 fully saturated rings. The third kappa shape index (κ3) is 2.96. The van der Waals surface area contributed by atoms with Gasteiger partial charge < -0.3 is 10.6 Å². The molecule has 20 heavy (non-hydrogen) atoms. The molecule has 0 spiro atoms. The number of urea groups is 1. The number of aromatic nitrogens is 2. The third-order valence-corrected chi connectivity index (χ3v) is 4.38. The lowest BCUT2D eigenvalue weighted by Crippen LogP contribution is -2.38. The van der Waals surface area contributed by atoms with E-state index in [1.165, 1.54) is 10.5 Å². The maximum atomic E-state index is 12.0. The molecule has 5 nitrogen and oxygen atoms in total. The van der Waals surface area contributed by atoms with Gasteiger partial charge in [0.2, 0.25) is 0 Å².